The Labute approximate surface area is 121 Å². The van der Waals surface area contributed by atoms with E-state index in [9.17, 15) is 9.59 Å². The molecule has 0 radical (unpaired) electrons. The maximum atomic E-state index is 12.2. The number of hydrogen-bond acceptors (Lipinski definition) is 3. The van der Waals surface area contributed by atoms with Gasteiger partial charge in [0.2, 0.25) is 0 Å². The first kappa shape index (κ1) is 14.3. The van der Waals surface area contributed by atoms with Crippen molar-refractivity contribution in [3.63, 3.8) is 0 Å². The second-order valence-electron chi connectivity index (χ2n) is 4.35. The Morgan fingerprint density at radius 3 is 2.95 bits per heavy atom. The molecule has 1 aliphatic rings. The van der Waals surface area contributed by atoms with Crippen LogP contribution >= 0.6 is 11.8 Å². The SMILES string of the molecule is C#Cc1cccc(NC(=O)N2C(C)SCC2C(=O)O)c1. The van der Waals surface area contributed by atoms with Gasteiger partial charge in [-0.15, -0.1) is 18.2 Å². The van der Waals surface area contributed by atoms with Gasteiger partial charge in [0.25, 0.3) is 0 Å². The van der Waals surface area contributed by atoms with Crippen LogP contribution in [0.15, 0.2) is 24.3 Å². The summed E-state index contributed by atoms with van der Waals surface area (Å²) in [5.41, 5.74) is 1.21. The molecule has 5 nitrogen and oxygen atoms in total. The molecule has 0 saturated carbocycles. The largest absolute Gasteiger partial charge is 0.480 e. The van der Waals surface area contributed by atoms with Crippen LogP contribution in [0.3, 0.4) is 0 Å². The number of carbonyl (C=O) groups excluding carboxylic acids is 1. The standard InChI is InChI=1S/C14H14N2O3S/c1-3-10-5-4-6-11(7-10)15-14(19)16-9(2)20-8-12(16)13(17)18/h1,4-7,9,12H,8H2,2H3,(H,15,19)(H,17,18). The van der Waals surface area contributed by atoms with E-state index in [4.69, 9.17) is 11.5 Å². The molecule has 0 aliphatic carbocycles. The smallest absolute Gasteiger partial charge is 0.327 e. The number of carbonyl (C=O) groups is 2. The summed E-state index contributed by atoms with van der Waals surface area (Å²) in [7, 11) is 0. The molecular weight excluding hydrogens is 276 g/mol. The molecule has 104 valence electrons. The number of anilines is 1. The van der Waals surface area contributed by atoms with E-state index in [1.807, 2.05) is 6.92 Å². The summed E-state index contributed by atoms with van der Waals surface area (Å²) in [5.74, 6) is 1.89. The van der Waals surface area contributed by atoms with Crippen molar-refractivity contribution in [1.29, 1.82) is 0 Å². The summed E-state index contributed by atoms with van der Waals surface area (Å²) in [6, 6.07) is 5.64. The molecule has 1 heterocycles. The highest BCUT2D eigenvalue weighted by Gasteiger charge is 2.39. The van der Waals surface area contributed by atoms with Crippen LogP contribution in [-0.4, -0.2) is 39.2 Å². The molecule has 0 spiro atoms. The van der Waals surface area contributed by atoms with E-state index >= 15 is 0 Å². The fraction of sp³-hybridized carbons (Fsp3) is 0.286. The number of nitrogens with one attached hydrogen (secondary N) is 1. The molecule has 6 heteroatoms. The van der Waals surface area contributed by atoms with Crippen molar-refractivity contribution >= 4 is 29.4 Å². The fourth-order valence-electron chi connectivity index (χ4n) is 2.02. The molecule has 2 atom stereocenters. The molecule has 1 aromatic carbocycles. The summed E-state index contributed by atoms with van der Waals surface area (Å²) < 4.78 is 0. The van der Waals surface area contributed by atoms with Gasteiger partial charge in [0, 0.05) is 17.0 Å². The van der Waals surface area contributed by atoms with Gasteiger partial charge in [-0.3, -0.25) is 4.90 Å². The van der Waals surface area contributed by atoms with Crippen molar-refractivity contribution in [3.05, 3.63) is 29.8 Å². The molecule has 2 amide bonds. The average molecular weight is 290 g/mol. The maximum absolute atomic E-state index is 12.2. The highest BCUT2D eigenvalue weighted by molar-refractivity contribution is 8.00. The number of thioether (sulfide) groups is 1. The number of hydrogen-bond donors (Lipinski definition) is 2. The van der Waals surface area contributed by atoms with Crippen LogP contribution in [-0.2, 0) is 4.79 Å². The number of benzene rings is 1. The minimum atomic E-state index is -0.991. The maximum Gasteiger partial charge on any atom is 0.327 e. The van der Waals surface area contributed by atoms with Gasteiger partial charge >= 0.3 is 12.0 Å². The normalized spacial score (nSPS) is 21.3. The van der Waals surface area contributed by atoms with Crippen molar-refractivity contribution in [2.24, 2.45) is 0 Å². The third kappa shape index (κ3) is 2.89. The highest BCUT2D eigenvalue weighted by Crippen LogP contribution is 2.29. The Morgan fingerprint density at radius 1 is 1.55 bits per heavy atom. The predicted molar refractivity (Wildman–Crippen MR) is 78.6 cm³/mol. The number of carboxylic acids is 1. The zero-order valence-corrected chi connectivity index (χ0v) is 11.7. The lowest BCUT2D eigenvalue weighted by atomic mass is 10.2. The van der Waals surface area contributed by atoms with Crippen LogP contribution in [0.2, 0.25) is 0 Å². The van der Waals surface area contributed by atoms with E-state index in [0.29, 0.717) is 17.0 Å². The number of aliphatic carboxylic acids is 1. The molecule has 1 aromatic rings. The summed E-state index contributed by atoms with van der Waals surface area (Å²) in [4.78, 5) is 24.7. The third-order valence-electron chi connectivity index (χ3n) is 3.02. The topological polar surface area (TPSA) is 69.6 Å². The van der Waals surface area contributed by atoms with Crippen molar-refractivity contribution in [2.75, 3.05) is 11.1 Å². The van der Waals surface area contributed by atoms with E-state index in [1.165, 1.54) is 16.7 Å². The van der Waals surface area contributed by atoms with E-state index in [0.717, 1.165) is 0 Å². The third-order valence-corrected chi connectivity index (χ3v) is 4.24. The Kier molecular flexibility index (Phi) is 4.20. The average Bonchev–Trinajstić information content (AvgIpc) is 2.81. The van der Waals surface area contributed by atoms with E-state index in [1.54, 1.807) is 24.3 Å². The highest BCUT2D eigenvalue weighted by atomic mass is 32.2. The van der Waals surface area contributed by atoms with Crippen molar-refractivity contribution in [3.8, 4) is 12.3 Å². The zero-order chi connectivity index (χ0) is 14.7. The van der Waals surface area contributed by atoms with Crippen molar-refractivity contribution in [1.82, 2.24) is 4.90 Å². The summed E-state index contributed by atoms with van der Waals surface area (Å²) in [6.45, 7) is 1.81. The molecule has 1 fully saturated rings. The lowest BCUT2D eigenvalue weighted by Gasteiger charge is -2.25. The number of terminal acetylenes is 1. The lowest BCUT2D eigenvalue weighted by molar-refractivity contribution is -0.141. The van der Waals surface area contributed by atoms with Gasteiger partial charge in [-0.05, 0) is 25.1 Å². The number of rotatable bonds is 2. The predicted octanol–water partition coefficient (Wildman–Crippen LogP) is 2.05. The van der Waals surface area contributed by atoms with Gasteiger partial charge in [-0.2, -0.15) is 0 Å². The van der Waals surface area contributed by atoms with Gasteiger partial charge in [0.15, 0.2) is 0 Å². The van der Waals surface area contributed by atoms with Crippen molar-refractivity contribution in [2.45, 2.75) is 18.3 Å². The summed E-state index contributed by atoms with van der Waals surface area (Å²) >= 11 is 1.44. The first-order chi connectivity index (χ1) is 9.52. The minimum absolute atomic E-state index is 0.174. The van der Waals surface area contributed by atoms with Crippen LogP contribution in [0.5, 0.6) is 0 Å². The molecule has 1 aliphatic heterocycles. The molecule has 2 rings (SSSR count). The van der Waals surface area contributed by atoms with E-state index in [-0.39, 0.29) is 5.37 Å². The Balaban J connectivity index is 2.14. The monoisotopic (exact) mass is 290 g/mol. The first-order valence-corrected chi connectivity index (χ1v) is 7.08. The Bertz CT molecular complexity index is 582. The van der Waals surface area contributed by atoms with Gasteiger partial charge in [0.05, 0.1) is 5.37 Å². The van der Waals surface area contributed by atoms with E-state index < -0.39 is 18.0 Å². The fourth-order valence-corrected chi connectivity index (χ4v) is 3.18. The van der Waals surface area contributed by atoms with Crippen LogP contribution < -0.4 is 5.32 Å². The Morgan fingerprint density at radius 2 is 2.30 bits per heavy atom. The van der Waals surface area contributed by atoms with Crippen LogP contribution in [0.4, 0.5) is 10.5 Å². The van der Waals surface area contributed by atoms with Crippen LogP contribution in [0.1, 0.15) is 12.5 Å². The number of nitrogens with zero attached hydrogens (tertiary/aromatic N) is 1. The van der Waals surface area contributed by atoms with Crippen LogP contribution in [0, 0.1) is 12.3 Å². The quantitative estimate of drug-likeness (QED) is 0.818. The number of urea groups is 1. The van der Waals surface area contributed by atoms with E-state index in [2.05, 4.69) is 11.2 Å². The zero-order valence-electron chi connectivity index (χ0n) is 10.9. The summed E-state index contributed by atoms with van der Waals surface area (Å²) in [6.07, 6.45) is 5.30. The minimum Gasteiger partial charge on any atom is -0.480 e. The molecule has 20 heavy (non-hydrogen) atoms. The number of amides is 2. The van der Waals surface area contributed by atoms with Gasteiger partial charge in [-0.25, -0.2) is 9.59 Å². The molecule has 2 N–H and O–H groups in total. The summed E-state index contributed by atoms with van der Waals surface area (Å²) in [5, 5.41) is 11.7. The molecule has 1 saturated heterocycles. The molecule has 2 unspecified atom stereocenters. The lowest BCUT2D eigenvalue weighted by Crippen LogP contribution is -2.46. The first-order valence-electron chi connectivity index (χ1n) is 6.03. The van der Waals surface area contributed by atoms with Gasteiger partial charge in [-0.1, -0.05) is 12.0 Å². The molecule has 0 bridgehead atoms. The Hall–Kier alpha value is -2.13. The number of carboxylic acid groups (broad SMARTS) is 1. The second kappa shape index (κ2) is 5.88. The van der Waals surface area contributed by atoms with Gasteiger partial charge in [0.1, 0.15) is 6.04 Å². The van der Waals surface area contributed by atoms with Gasteiger partial charge < -0.3 is 10.4 Å². The van der Waals surface area contributed by atoms with Crippen molar-refractivity contribution < 1.29 is 14.7 Å². The second-order valence-corrected chi connectivity index (χ2v) is 5.70. The van der Waals surface area contributed by atoms with Crippen LogP contribution in [0.25, 0.3) is 0 Å². The molecular formula is C14H14N2O3S. The molecule has 0 aromatic heterocycles.